The zero-order valence-corrected chi connectivity index (χ0v) is 14.3. The zero-order chi connectivity index (χ0) is 14.9. The highest BCUT2D eigenvalue weighted by molar-refractivity contribution is 5.94. The van der Waals surface area contributed by atoms with Crippen LogP contribution < -0.4 is 10.6 Å². The van der Waals surface area contributed by atoms with Crippen LogP contribution in [0.3, 0.4) is 0 Å². The number of carbonyl (C=O) groups excluding carboxylic acids is 1. The van der Waals surface area contributed by atoms with Crippen molar-refractivity contribution in [1.29, 1.82) is 0 Å². The highest BCUT2D eigenvalue weighted by atomic mass is 35.5. The van der Waals surface area contributed by atoms with E-state index < -0.39 is 0 Å². The molecule has 3 N–H and O–H groups in total. The summed E-state index contributed by atoms with van der Waals surface area (Å²) in [5.41, 5.74) is 2.88. The summed E-state index contributed by atoms with van der Waals surface area (Å²) in [7, 11) is 0. The van der Waals surface area contributed by atoms with Gasteiger partial charge in [0.25, 0.3) is 5.91 Å². The van der Waals surface area contributed by atoms with Crippen molar-refractivity contribution in [2.45, 2.75) is 52.5 Å². The Morgan fingerprint density at radius 1 is 1.36 bits per heavy atom. The summed E-state index contributed by atoms with van der Waals surface area (Å²) in [6.45, 7) is 6.95. The number of carbonyl (C=O) groups is 1. The lowest BCUT2D eigenvalue weighted by Gasteiger charge is -2.31. The summed E-state index contributed by atoms with van der Waals surface area (Å²) in [6.07, 6.45) is 6.18. The van der Waals surface area contributed by atoms with Gasteiger partial charge >= 0.3 is 0 Å². The number of amides is 1. The molecule has 0 saturated heterocycles. The normalized spacial score (nSPS) is 18.6. The van der Waals surface area contributed by atoms with Crippen molar-refractivity contribution in [3.05, 3.63) is 17.0 Å². The van der Waals surface area contributed by atoms with Gasteiger partial charge in [-0.2, -0.15) is 5.10 Å². The molecule has 1 amide bonds. The summed E-state index contributed by atoms with van der Waals surface area (Å²) in [6, 6.07) is 0. The molecule has 0 bridgehead atoms. The standard InChI is InChI=1S/C16H26N4O.ClH/c1-16(2,11-5-3-4-6-11)10-18-15(21)14-12-9-17-8-7-13(12)19-20-14;/h11,17H,3-10H2,1-2H3,(H,18,21)(H,19,20);1H. The number of fused-ring (bicyclic) bond motifs is 1. The Morgan fingerprint density at radius 2 is 2.09 bits per heavy atom. The van der Waals surface area contributed by atoms with Crippen LogP contribution in [0.15, 0.2) is 0 Å². The Hall–Kier alpha value is -1.07. The number of aromatic nitrogens is 2. The largest absolute Gasteiger partial charge is 0.350 e. The van der Waals surface area contributed by atoms with Gasteiger partial charge in [-0.1, -0.05) is 26.7 Å². The highest BCUT2D eigenvalue weighted by Gasteiger charge is 2.32. The quantitative estimate of drug-likeness (QED) is 0.796. The van der Waals surface area contributed by atoms with Crippen LogP contribution in [-0.4, -0.2) is 29.2 Å². The molecule has 2 heterocycles. The van der Waals surface area contributed by atoms with Crippen LogP contribution in [0, 0.1) is 11.3 Å². The summed E-state index contributed by atoms with van der Waals surface area (Å²) in [4.78, 5) is 12.4. The predicted octanol–water partition coefficient (Wildman–Crippen LogP) is 2.42. The third-order valence-electron chi connectivity index (χ3n) is 5.19. The van der Waals surface area contributed by atoms with E-state index in [1.165, 1.54) is 25.7 Å². The van der Waals surface area contributed by atoms with Crippen LogP contribution in [0.1, 0.15) is 61.3 Å². The lowest BCUT2D eigenvalue weighted by Crippen LogP contribution is -2.38. The molecule has 0 atom stereocenters. The van der Waals surface area contributed by atoms with E-state index in [1.807, 2.05) is 0 Å². The SMILES string of the molecule is CC(C)(CNC(=O)c1n[nH]c2c1CNCC2)C1CCCC1.Cl. The van der Waals surface area contributed by atoms with Crippen molar-refractivity contribution in [2.75, 3.05) is 13.1 Å². The Bertz CT molecular complexity index is 520. The number of aromatic amines is 1. The topological polar surface area (TPSA) is 69.8 Å². The van der Waals surface area contributed by atoms with Crippen molar-refractivity contribution >= 4 is 18.3 Å². The van der Waals surface area contributed by atoms with Crippen molar-refractivity contribution in [3.8, 4) is 0 Å². The molecule has 1 fully saturated rings. The van der Waals surface area contributed by atoms with E-state index in [0.29, 0.717) is 5.69 Å². The molecule has 0 unspecified atom stereocenters. The molecule has 2 aliphatic rings. The molecule has 5 nitrogen and oxygen atoms in total. The van der Waals surface area contributed by atoms with Crippen molar-refractivity contribution in [2.24, 2.45) is 11.3 Å². The maximum absolute atomic E-state index is 12.4. The van der Waals surface area contributed by atoms with E-state index in [1.54, 1.807) is 0 Å². The monoisotopic (exact) mass is 326 g/mol. The first kappa shape index (κ1) is 17.3. The average Bonchev–Trinajstić information content (AvgIpc) is 3.14. The van der Waals surface area contributed by atoms with Crippen molar-refractivity contribution in [3.63, 3.8) is 0 Å². The van der Waals surface area contributed by atoms with Gasteiger partial charge in [0.2, 0.25) is 0 Å². The maximum Gasteiger partial charge on any atom is 0.272 e. The second-order valence-corrected chi connectivity index (χ2v) is 7.11. The fraction of sp³-hybridized carbons (Fsp3) is 0.750. The molecular formula is C16H27ClN4O. The van der Waals surface area contributed by atoms with Gasteiger partial charge in [0.15, 0.2) is 5.69 Å². The Labute approximate surface area is 138 Å². The van der Waals surface area contributed by atoms with Crippen LogP contribution in [0.25, 0.3) is 0 Å². The molecule has 0 radical (unpaired) electrons. The number of nitrogens with one attached hydrogen (secondary N) is 3. The summed E-state index contributed by atoms with van der Waals surface area (Å²) in [5.74, 6) is 0.690. The van der Waals surface area contributed by atoms with Crippen LogP contribution in [0.4, 0.5) is 0 Å². The molecule has 1 aliphatic carbocycles. The van der Waals surface area contributed by atoms with E-state index in [9.17, 15) is 4.79 Å². The first-order valence-electron chi connectivity index (χ1n) is 8.13. The molecular weight excluding hydrogens is 300 g/mol. The summed E-state index contributed by atoms with van der Waals surface area (Å²) < 4.78 is 0. The van der Waals surface area contributed by atoms with Gasteiger partial charge in [-0.05, 0) is 24.2 Å². The van der Waals surface area contributed by atoms with Gasteiger partial charge in [0.1, 0.15) is 0 Å². The fourth-order valence-electron chi connectivity index (χ4n) is 3.66. The number of halogens is 1. The summed E-state index contributed by atoms with van der Waals surface area (Å²) >= 11 is 0. The second-order valence-electron chi connectivity index (χ2n) is 7.11. The zero-order valence-electron chi connectivity index (χ0n) is 13.5. The van der Waals surface area contributed by atoms with Crippen molar-refractivity contribution in [1.82, 2.24) is 20.8 Å². The van der Waals surface area contributed by atoms with Gasteiger partial charge in [0.05, 0.1) is 0 Å². The highest BCUT2D eigenvalue weighted by Crippen LogP contribution is 2.39. The van der Waals surface area contributed by atoms with Crippen LogP contribution in [-0.2, 0) is 13.0 Å². The molecule has 124 valence electrons. The molecule has 0 aromatic carbocycles. The molecule has 1 aromatic rings. The molecule has 0 spiro atoms. The number of rotatable bonds is 4. The Morgan fingerprint density at radius 3 is 2.82 bits per heavy atom. The van der Waals surface area contributed by atoms with Crippen LogP contribution in [0.5, 0.6) is 0 Å². The second kappa shape index (κ2) is 7.01. The van der Waals surface area contributed by atoms with Gasteiger partial charge in [0, 0.05) is 37.3 Å². The van der Waals surface area contributed by atoms with Gasteiger partial charge in [-0.25, -0.2) is 0 Å². The molecule has 3 rings (SSSR count). The van der Waals surface area contributed by atoms with E-state index in [2.05, 4.69) is 34.7 Å². The Balaban J connectivity index is 0.00000176. The van der Waals surface area contributed by atoms with Crippen molar-refractivity contribution < 1.29 is 4.79 Å². The first-order valence-corrected chi connectivity index (χ1v) is 8.13. The number of hydrogen-bond acceptors (Lipinski definition) is 3. The molecule has 1 saturated carbocycles. The van der Waals surface area contributed by atoms with E-state index in [-0.39, 0.29) is 23.7 Å². The average molecular weight is 327 g/mol. The minimum atomic E-state index is -0.0396. The summed E-state index contributed by atoms with van der Waals surface area (Å²) in [5, 5.41) is 13.6. The lowest BCUT2D eigenvalue weighted by molar-refractivity contribution is 0.0912. The number of hydrogen-bond donors (Lipinski definition) is 3. The molecule has 6 heteroatoms. The Kier molecular flexibility index (Phi) is 5.50. The molecule has 1 aromatic heterocycles. The van der Waals surface area contributed by atoms with E-state index in [4.69, 9.17) is 0 Å². The lowest BCUT2D eigenvalue weighted by atomic mass is 9.77. The minimum absolute atomic E-state index is 0. The molecule has 22 heavy (non-hydrogen) atoms. The van der Waals surface area contributed by atoms with Gasteiger partial charge in [-0.3, -0.25) is 9.89 Å². The van der Waals surface area contributed by atoms with E-state index in [0.717, 1.165) is 43.2 Å². The fourth-order valence-corrected chi connectivity index (χ4v) is 3.66. The van der Waals surface area contributed by atoms with Crippen LogP contribution >= 0.6 is 12.4 Å². The number of H-pyrrole nitrogens is 1. The van der Waals surface area contributed by atoms with Gasteiger partial charge in [-0.15, -0.1) is 12.4 Å². The predicted molar refractivity (Wildman–Crippen MR) is 89.3 cm³/mol. The maximum atomic E-state index is 12.4. The molecule has 1 aliphatic heterocycles. The van der Waals surface area contributed by atoms with Gasteiger partial charge < -0.3 is 10.6 Å². The van der Waals surface area contributed by atoms with Crippen LogP contribution in [0.2, 0.25) is 0 Å². The third kappa shape index (κ3) is 3.46. The smallest absolute Gasteiger partial charge is 0.272 e. The third-order valence-corrected chi connectivity index (χ3v) is 5.19. The minimum Gasteiger partial charge on any atom is -0.350 e. The number of nitrogens with zero attached hydrogens (tertiary/aromatic N) is 1. The van der Waals surface area contributed by atoms with E-state index >= 15 is 0 Å². The first-order chi connectivity index (χ1) is 10.1.